The highest BCUT2D eigenvalue weighted by Gasteiger charge is 2.18. The lowest BCUT2D eigenvalue weighted by molar-refractivity contribution is -0.384. The first-order valence-corrected chi connectivity index (χ1v) is 9.56. The number of imidazole rings is 1. The lowest BCUT2D eigenvalue weighted by Crippen LogP contribution is -2.13. The monoisotopic (exact) mass is 447 g/mol. The lowest BCUT2D eigenvalue weighted by atomic mass is 10.2. The van der Waals surface area contributed by atoms with E-state index in [1.165, 1.54) is 16.9 Å². The number of nitrogens with zero attached hydrogens (tertiary/aromatic N) is 3. The second kappa shape index (κ2) is 7.91. The van der Waals surface area contributed by atoms with Crippen LogP contribution in [-0.2, 0) is 6.61 Å². The zero-order chi connectivity index (χ0) is 20.5. The van der Waals surface area contributed by atoms with Crippen LogP contribution in [0, 0.1) is 10.1 Å². The molecule has 1 aromatic heterocycles. The number of hydrogen-bond acceptors (Lipinski definition) is 4. The Bertz CT molecular complexity index is 1240. The van der Waals surface area contributed by atoms with Crippen molar-refractivity contribution in [1.82, 2.24) is 9.71 Å². The third-order valence-corrected chi connectivity index (χ3v) is 5.08. The van der Waals surface area contributed by atoms with Gasteiger partial charge in [0.1, 0.15) is 12.1 Å². The van der Waals surface area contributed by atoms with Crippen molar-refractivity contribution in [2.45, 2.75) is 6.61 Å². The third-order valence-electron chi connectivity index (χ3n) is 4.25. The molecule has 6 nitrogen and oxygen atoms in total. The molecule has 0 fully saturated rings. The van der Waals surface area contributed by atoms with Crippen molar-refractivity contribution in [1.29, 1.82) is 0 Å². The first-order valence-electron chi connectivity index (χ1n) is 8.42. The summed E-state index contributed by atoms with van der Waals surface area (Å²) in [6.45, 7) is 0.109. The minimum Gasteiger partial charge on any atom is -0.407 e. The summed E-state index contributed by atoms with van der Waals surface area (Å²) in [5.74, 6) is 0.466. The predicted octanol–water partition coefficient (Wildman–Crippen LogP) is 6.20. The molecule has 0 amide bonds. The van der Waals surface area contributed by atoms with E-state index in [4.69, 9.17) is 39.6 Å². The molecule has 0 aliphatic rings. The maximum Gasteiger partial charge on any atom is 0.271 e. The molecule has 0 atom stereocenters. The zero-order valence-electron chi connectivity index (χ0n) is 14.7. The van der Waals surface area contributed by atoms with Gasteiger partial charge in [0.2, 0.25) is 0 Å². The van der Waals surface area contributed by atoms with E-state index in [0.717, 1.165) is 0 Å². The van der Waals surface area contributed by atoms with Crippen LogP contribution < -0.4 is 4.84 Å². The van der Waals surface area contributed by atoms with E-state index < -0.39 is 4.92 Å². The fourth-order valence-electron chi connectivity index (χ4n) is 2.87. The number of hydrogen-bond donors (Lipinski definition) is 0. The number of benzene rings is 3. The van der Waals surface area contributed by atoms with Crippen molar-refractivity contribution in [3.8, 4) is 11.4 Å². The molecule has 0 spiro atoms. The molecule has 0 saturated heterocycles. The van der Waals surface area contributed by atoms with Crippen LogP contribution in [0.4, 0.5) is 5.69 Å². The van der Waals surface area contributed by atoms with Crippen LogP contribution in [-0.4, -0.2) is 14.6 Å². The minimum atomic E-state index is -0.466. The Hall–Kier alpha value is -2.80. The first-order chi connectivity index (χ1) is 13.9. The van der Waals surface area contributed by atoms with Gasteiger partial charge in [-0.25, -0.2) is 4.98 Å². The van der Waals surface area contributed by atoms with Gasteiger partial charge in [-0.3, -0.25) is 10.1 Å². The average Bonchev–Trinajstić information content (AvgIpc) is 3.05. The summed E-state index contributed by atoms with van der Waals surface area (Å²) in [7, 11) is 0. The molecule has 3 aromatic carbocycles. The van der Waals surface area contributed by atoms with E-state index in [9.17, 15) is 10.1 Å². The molecule has 9 heteroatoms. The van der Waals surface area contributed by atoms with E-state index in [0.29, 0.717) is 43.1 Å². The number of fused-ring (bicyclic) bond motifs is 1. The summed E-state index contributed by atoms with van der Waals surface area (Å²) in [5, 5.41) is 12.7. The van der Waals surface area contributed by atoms with Crippen LogP contribution in [0.1, 0.15) is 5.56 Å². The summed E-state index contributed by atoms with van der Waals surface area (Å²) in [6.07, 6.45) is 0. The van der Waals surface area contributed by atoms with Crippen molar-refractivity contribution < 1.29 is 9.76 Å². The van der Waals surface area contributed by atoms with Gasteiger partial charge in [0.25, 0.3) is 5.69 Å². The molecular formula is C20H12Cl3N3O3. The Morgan fingerprint density at radius 2 is 1.79 bits per heavy atom. The number of nitro groups is 1. The minimum absolute atomic E-state index is 0.0654. The summed E-state index contributed by atoms with van der Waals surface area (Å²) < 4.78 is 1.46. The molecule has 1 heterocycles. The molecule has 29 heavy (non-hydrogen) atoms. The predicted molar refractivity (Wildman–Crippen MR) is 114 cm³/mol. The van der Waals surface area contributed by atoms with E-state index >= 15 is 0 Å². The second-order valence-electron chi connectivity index (χ2n) is 6.18. The molecule has 0 aliphatic carbocycles. The quantitative estimate of drug-likeness (QED) is 0.269. The number of rotatable bonds is 5. The van der Waals surface area contributed by atoms with Gasteiger partial charge in [0, 0.05) is 38.3 Å². The second-order valence-corrected chi connectivity index (χ2v) is 7.46. The van der Waals surface area contributed by atoms with Crippen LogP contribution in [0.5, 0.6) is 0 Å². The normalized spacial score (nSPS) is 11.0. The smallest absolute Gasteiger partial charge is 0.271 e. The molecular weight excluding hydrogens is 437 g/mol. The Morgan fingerprint density at radius 3 is 2.52 bits per heavy atom. The number of aromatic nitrogens is 2. The van der Waals surface area contributed by atoms with E-state index in [1.807, 2.05) is 6.07 Å². The molecule has 0 unspecified atom stereocenters. The number of non-ortho nitro benzene ring substituents is 1. The highest BCUT2D eigenvalue weighted by Crippen LogP contribution is 2.29. The third kappa shape index (κ3) is 4.00. The summed E-state index contributed by atoms with van der Waals surface area (Å²) >= 11 is 18.3. The van der Waals surface area contributed by atoms with Gasteiger partial charge < -0.3 is 4.84 Å². The highest BCUT2D eigenvalue weighted by atomic mass is 35.5. The van der Waals surface area contributed by atoms with Gasteiger partial charge in [-0.15, -0.1) is 0 Å². The first kappa shape index (κ1) is 19.5. The highest BCUT2D eigenvalue weighted by molar-refractivity contribution is 6.35. The van der Waals surface area contributed by atoms with Crippen molar-refractivity contribution in [3.05, 3.63) is 91.4 Å². The summed E-state index contributed by atoms with van der Waals surface area (Å²) in [6, 6.07) is 16.6. The molecule has 0 aliphatic heterocycles. The largest absolute Gasteiger partial charge is 0.407 e. The Labute approximate surface area is 180 Å². The maximum absolute atomic E-state index is 11.2. The van der Waals surface area contributed by atoms with Gasteiger partial charge in [-0.2, -0.15) is 4.73 Å². The van der Waals surface area contributed by atoms with Crippen molar-refractivity contribution >= 4 is 51.5 Å². The van der Waals surface area contributed by atoms with Crippen LogP contribution in [0.15, 0.2) is 60.7 Å². The van der Waals surface area contributed by atoms with Crippen molar-refractivity contribution in [2.75, 3.05) is 0 Å². The lowest BCUT2D eigenvalue weighted by Gasteiger charge is -2.12. The van der Waals surface area contributed by atoms with Gasteiger partial charge in [0.15, 0.2) is 5.82 Å². The molecule has 4 aromatic rings. The Morgan fingerprint density at radius 1 is 1.00 bits per heavy atom. The summed E-state index contributed by atoms with van der Waals surface area (Å²) in [4.78, 5) is 21.3. The fraction of sp³-hybridized carbons (Fsp3) is 0.0500. The molecule has 4 rings (SSSR count). The standard InChI is InChI=1S/C20H12Cl3N3O3/c21-14-3-1-2-12(8-14)20-24-18-7-6-16(26(27)28)10-19(18)25(20)29-11-13-4-5-15(22)9-17(13)23/h1-10H,11H2. The van der Waals surface area contributed by atoms with Crippen LogP contribution in [0.25, 0.3) is 22.4 Å². The Balaban J connectivity index is 1.82. The van der Waals surface area contributed by atoms with Crippen LogP contribution >= 0.6 is 34.8 Å². The summed E-state index contributed by atoms with van der Waals surface area (Å²) in [5.41, 5.74) is 2.36. The molecule has 0 bridgehead atoms. The van der Waals surface area contributed by atoms with Crippen LogP contribution in [0.2, 0.25) is 15.1 Å². The van der Waals surface area contributed by atoms with E-state index in [2.05, 4.69) is 4.98 Å². The van der Waals surface area contributed by atoms with Crippen molar-refractivity contribution in [2.24, 2.45) is 0 Å². The van der Waals surface area contributed by atoms with E-state index in [1.54, 1.807) is 42.5 Å². The van der Waals surface area contributed by atoms with E-state index in [-0.39, 0.29) is 12.3 Å². The topological polar surface area (TPSA) is 70.2 Å². The molecule has 0 N–H and O–H groups in total. The zero-order valence-corrected chi connectivity index (χ0v) is 16.9. The number of nitro benzene ring substituents is 1. The number of halogens is 3. The molecule has 0 saturated carbocycles. The van der Waals surface area contributed by atoms with Gasteiger partial charge in [0.05, 0.1) is 10.4 Å². The maximum atomic E-state index is 11.2. The SMILES string of the molecule is O=[N+]([O-])c1ccc2nc(-c3cccc(Cl)c3)n(OCc3ccc(Cl)cc3Cl)c2c1. The van der Waals surface area contributed by atoms with Gasteiger partial charge >= 0.3 is 0 Å². The average molecular weight is 449 g/mol. The van der Waals surface area contributed by atoms with Crippen molar-refractivity contribution in [3.63, 3.8) is 0 Å². The van der Waals surface area contributed by atoms with Gasteiger partial charge in [-0.05, 0) is 30.3 Å². The Kier molecular flexibility index (Phi) is 5.32. The van der Waals surface area contributed by atoms with Gasteiger partial charge in [-0.1, -0.05) is 53.0 Å². The fourth-order valence-corrected chi connectivity index (χ4v) is 3.52. The molecule has 0 radical (unpaired) electrons. The van der Waals surface area contributed by atoms with Crippen LogP contribution in [0.3, 0.4) is 0 Å². The molecule has 146 valence electrons.